The van der Waals surface area contributed by atoms with Gasteiger partial charge in [-0.1, -0.05) is 29.5 Å². The average Bonchev–Trinajstić information content (AvgIpc) is 3.61. The van der Waals surface area contributed by atoms with E-state index in [0.29, 0.717) is 29.2 Å². The standard InChI is InChI=1S/C25H22N6OS2/c1-16-15-34-24(27-16)9-10-31-14-22(29-30-31)17-4-2-5-19(12-17)25(32)28-21-13-18(7-8-20(21)26)23-6-3-11-33-23/h2-8,11-15H,9-10,26H2,1H3,(H,28,32). The number of carbonyl (C=O) groups excluding carboxylic acids is 1. The lowest BCUT2D eigenvalue weighted by Gasteiger charge is -2.10. The van der Waals surface area contributed by atoms with E-state index >= 15 is 0 Å². The van der Waals surface area contributed by atoms with Gasteiger partial charge >= 0.3 is 0 Å². The molecule has 5 aromatic rings. The highest BCUT2D eigenvalue weighted by atomic mass is 32.1. The topological polar surface area (TPSA) is 98.7 Å². The van der Waals surface area contributed by atoms with Gasteiger partial charge in [-0.25, -0.2) is 4.98 Å². The molecule has 0 aliphatic carbocycles. The third-order valence-electron chi connectivity index (χ3n) is 5.29. The van der Waals surface area contributed by atoms with Crippen molar-refractivity contribution in [3.63, 3.8) is 0 Å². The van der Waals surface area contributed by atoms with E-state index in [4.69, 9.17) is 5.73 Å². The number of aryl methyl sites for hydroxylation is 3. The second kappa shape index (κ2) is 9.58. The van der Waals surface area contributed by atoms with Crippen molar-refractivity contribution in [3.05, 3.63) is 87.8 Å². The lowest BCUT2D eigenvalue weighted by atomic mass is 10.1. The lowest BCUT2D eigenvalue weighted by molar-refractivity contribution is 0.102. The van der Waals surface area contributed by atoms with Crippen molar-refractivity contribution in [2.45, 2.75) is 19.9 Å². The van der Waals surface area contributed by atoms with Crippen LogP contribution in [-0.4, -0.2) is 25.9 Å². The van der Waals surface area contributed by atoms with Crippen LogP contribution in [0.5, 0.6) is 0 Å². The molecule has 34 heavy (non-hydrogen) atoms. The molecule has 0 radical (unpaired) electrons. The zero-order valence-electron chi connectivity index (χ0n) is 18.4. The van der Waals surface area contributed by atoms with Gasteiger partial charge in [0.1, 0.15) is 5.69 Å². The van der Waals surface area contributed by atoms with Gasteiger partial charge in [-0.05, 0) is 48.2 Å². The number of thiazole rings is 1. The van der Waals surface area contributed by atoms with Crippen LogP contribution in [-0.2, 0) is 13.0 Å². The van der Waals surface area contributed by atoms with Gasteiger partial charge in [0.15, 0.2) is 0 Å². The molecule has 0 bridgehead atoms. The molecule has 3 heterocycles. The Morgan fingerprint density at radius 3 is 2.79 bits per heavy atom. The van der Waals surface area contributed by atoms with Crippen LogP contribution in [0.2, 0.25) is 0 Å². The number of aromatic nitrogens is 4. The summed E-state index contributed by atoms with van der Waals surface area (Å²) in [4.78, 5) is 18.6. The molecule has 0 saturated carbocycles. The van der Waals surface area contributed by atoms with E-state index in [1.165, 1.54) is 0 Å². The van der Waals surface area contributed by atoms with E-state index in [1.54, 1.807) is 33.4 Å². The van der Waals surface area contributed by atoms with Gasteiger partial charge in [-0.2, -0.15) is 0 Å². The Hall–Kier alpha value is -3.82. The predicted molar refractivity (Wildman–Crippen MR) is 138 cm³/mol. The van der Waals surface area contributed by atoms with Gasteiger partial charge in [-0.3, -0.25) is 9.48 Å². The van der Waals surface area contributed by atoms with Crippen LogP contribution in [0.4, 0.5) is 11.4 Å². The molecule has 0 spiro atoms. The number of carbonyl (C=O) groups is 1. The molecule has 3 N–H and O–H groups in total. The minimum atomic E-state index is -0.233. The fourth-order valence-electron chi connectivity index (χ4n) is 3.54. The van der Waals surface area contributed by atoms with Crippen LogP contribution in [0.3, 0.4) is 0 Å². The van der Waals surface area contributed by atoms with Crippen molar-refractivity contribution in [1.82, 2.24) is 20.0 Å². The number of nitrogen functional groups attached to an aromatic ring is 1. The van der Waals surface area contributed by atoms with Crippen LogP contribution in [0.1, 0.15) is 21.1 Å². The Morgan fingerprint density at radius 1 is 1.09 bits per heavy atom. The highest BCUT2D eigenvalue weighted by Crippen LogP contribution is 2.30. The Kier molecular flexibility index (Phi) is 6.20. The van der Waals surface area contributed by atoms with Crippen LogP contribution in [0.25, 0.3) is 21.7 Å². The summed E-state index contributed by atoms with van der Waals surface area (Å²) in [5, 5.41) is 16.6. The van der Waals surface area contributed by atoms with Gasteiger partial charge in [0, 0.05) is 40.0 Å². The summed E-state index contributed by atoms with van der Waals surface area (Å²) in [6.45, 7) is 2.69. The fraction of sp³-hybridized carbons (Fsp3) is 0.120. The number of nitrogens with two attached hydrogens (primary N) is 1. The maximum absolute atomic E-state index is 13.0. The average molecular weight is 487 g/mol. The third kappa shape index (κ3) is 4.90. The summed E-state index contributed by atoms with van der Waals surface area (Å²) < 4.78 is 1.80. The van der Waals surface area contributed by atoms with E-state index in [1.807, 2.05) is 72.4 Å². The van der Waals surface area contributed by atoms with E-state index < -0.39 is 0 Å². The van der Waals surface area contributed by atoms with Gasteiger partial charge < -0.3 is 11.1 Å². The zero-order chi connectivity index (χ0) is 23.5. The third-order valence-corrected chi connectivity index (χ3v) is 7.23. The predicted octanol–water partition coefficient (Wildman–Crippen LogP) is 5.52. The first-order valence-corrected chi connectivity index (χ1v) is 12.5. The number of benzene rings is 2. The molecule has 0 aliphatic rings. The molecule has 170 valence electrons. The van der Waals surface area contributed by atoms with Gasteiger partial charge in [0.2, 0.25) is 0 Å². The normalized spacial score (nSPS) is 11.0. The Morgan fingerprint density at radius 2 is 2.00 bits per heavy atom. The van der Waals surface area contributed by atoms with Crippen molar-refractivity contribution in [3.8, 4) is 21.7 Å². The van der Waals surface area contributed by atoms with Crippen LogP contribution in [0, 0.1) is 6.92 Å². The van der Waals surface area contributed by atoms with Crippen LogP contribution >= 0.6 is 22.7 Å². The molecule has 0 fully saturated rings. The van der Waals surface area contributed by atoms with Crippen molar-refractivity contribution in [2.75, 3.05) is 11.1 Å². The van der Waals surface area contributed by atoms with Gasteiger partial charge in [0.25, 0.3) is 5.91 Å². The number of nitrogens with zero attached hydrogens (tertiary/aromatic N) is 4. The molecule has 0 atom stereocenters. The summed E-state index contributed by atoms with van der Waals surface area (Å²) in [7, 11) is 0. The lowest BCUT2D eigenvalue weighted by Crippen LogP contribution is -2.13. The number of amides is 1. The van der Waals surface area contributed by atoms with Crippen LogP contribution in [0.15, 0.2) is 71.6 Å². The molecule has 0 unspecified atom stereocenters. The van der Waals surface area contributed by atoms with E-state index in [-0.39, 0.29) is 5.91 Å². The number of nitrogens with one attached hydrogen (secondary N) is 1. The second-order valence-corrected chi connectivity index (χ2v) is 9.70. The van der Waals surface area contributed by atoms with Gasteiger partial charge in [-0.15, -0.1) is 27.8 Å². The molecule has 0 saturated heterocycles. The minimum absolute atomic E-state index is 0.233. The van der Waals surface area contributed by atoms with E-state index in [9.17, 15) is 4.79 Å². The zero-order valence-corrected chi connectivity index (χ0v) is 20.1. The smallest absolute Gasteiger partial charge is 0.255 e. The van der Waals surface area contributed by atoms with E-state index in [0.717, 1.165) is 33.1 Å². The minimum Gasteiger partial charge on any atom is -0.397 e. The molecule has 2 aromatic carbocycles. The molecular formula is C25H22N6OS2. The summed E-state index contributed by atoms with van der Waals surface area (Å²) >= 11 is 3.29. The summed E-state index contributed by atoms with van der Waals surface area (Å²) in [5.74, 6) is -0.233. The highest BCUT2D eigenvalue weighted by Gasteiger charge is 2.12. The Labute approximate surface area is 204 Å². The summed E-state index contributed by atoms with van der Waals surface area (Å²) in [6.07, 6.45) is 2.69. The quantitative estimate of drug-likeness (QED) is 0.295. The van der Waals surface area contributed by atoms with Crippen molar-refractivity contribution in [2.24, 2.45) is 0 Å². The van der Waals surface area contributed by atoms with Crippen molar-refractivity contribution >= 4 is 40.0 Å². The first-order valence-electron chi connectivity index (χ1n) is 10.7. The number of anilines is 2. The molecule has 5 rings (SSSR count). The number of hydrogen-bond donors (Lipinski definition) is 2. The first-order chi connectivity index (χ1) is 16.5. The molecule has 3 aromatic heterocycles. The fourth-order valence-corrected chi connectivity index (χ4v) is 5.03. The number of rotatable bonds is 7. The maximum Gasteiger partial charge on any atom is 0.255 e. The molecular weight excluding hydrogens is 464 g/mol. The molecule has 9 heteroatoms. The highest BCUT2D eigenvalue weighted by molar-refractivity contribution is 7.13. The summed E-state index contributed by atoms with van der Waals surface area (Å²) in [6, 6.07) is 17.0. The first kappa shape index (κ1) is 22.0. The Bertz CT molecular complexity index is 1440. The van der Waals surface area contributed by atoms with Crippen LogP contribution < -0.4 is 11.1 Å². The number of hydrogen-bond acceptors (Lipinski definition) is 7. The largest absolute Gasteiger partial charge is 0.397 e. The monoisotopic (exact) mass is 486 g/mol. The summed E-state index contributed by atoms with van der Waals surface area (Å²) in [5.41, 5.74) is 11.3. The second-order valence-electron chi connectivity index (χ2n) is 7.81. The maximum atomic E-state index is 13.0. The van der Waals surface area contributed by atoms with E-state index in [2.05, 4.69) is 20.6 Å². The molecule has 7 nitrogen and oxygen atoms in total. The molecule has 1 amide bonds. The number of thiophene rings is 1. The van der Waals surface area contributed by atoms with Crippen molar-refractivity contribution in [1.29, 1.82) is 0 Å². The molecule has 0 aliphatic heterocycles. The SMILES string of the molecule is Cc1csc(CCn2cc(-c3cccc(C(=O)Nc4cc(-c5cccs5)ccc4N)c3)nn2)n1. The Balaban J connectivity index is 1.30. The van der Waals surface area contributed by atoms with Crippen molar-refractivity contribution < 1.29 is 4.79 Å². The van der Waals surface area contributed by atoms with Gasteiger partial charge in [0.05, 0.1) is 22.6 Å².